The Balaban J connectivity index is 1.81. The van der Waals surface area contributed by atoms with E-state index in [0.29, 0.717) is 18.0 Å². The van der Waals surface area contributed by atoms with Crippen molar-refractivity contribution in [3.63, 3.8) is 0 Å². The van der Waals surface area contributed by atoms with Gasteiger partial charge in [0.05, 0.1) is 6.10 Å². The van der Waals surface area contributed by atoms with Gasteiger partial charge in [0, 0.05) is 38.2 Å². The third kappa shape index (κ3) is 3.76. The van der Waals surface area contributed by atoms with E-state index in [0.717, 1.165) is 13.1 Å². The van der Waals surface area contributed by atoms with Crippen LogP contribution in [0.4, 0.5) is 0 Å². The van der Waals surface area contributed by atoms with Crippen molar-refractivity contribution < 1.29 is 4.74 Å². The van der Waals surface area contributed by atoms with Gasteiger partial charge in [-0.15, -0.1) is 0 Å². The van der Waals surface area contributed by atoms with Crippen LogP contribution < -0.4 is 16.2 Å². The Bertz CT molecular complexity index is 361. The molecule has 1 heterocycles. The number of ether oxygens (including phenoxy) is 1. The second kappa shape index (κ2) is 7.01. The van der Waals surface area contributed by atoms with Crippen LogP contribution in [0.2, 0.25) is 0 Å². The highest BCUT2D eigenvalue weighted by Crippen LogP contribution is 2.16. The van der Waals surface area contributed by atoms with Crippen molar-refractivity contribution in [1.82, 2.24) is 16.2 Å². The van der Waals surface area contributed by atoms with Crippen LogP contribution in [-0.2, 0) is 4.74 Å². The van der Waals surface area contributed by atoms with Crippen LogP contribution in [0.15, 0.2) is 30.3 Å². The molecule has 1 aromatic carbocycles. The summed E-state index contributed by atoms with van der Waals surface area (Å²) in [6, 6.07) is 11.4. The first kappa shape index (κ1) is 14.5. The maximum Gasteiger partial charge on any atom is 0.0945 e. The predicted molar refractivity (Wildman–Crippen MR) is 77.7 cm³/mol. The van der Waals surface area contributed by atoms with E-state index in [9.17, 15) is 0 Å². The minimum absolute atomic E-state index is 0.120. The minimum atomic E-state index is 0.120. The molecular weight excluding hydrogens is 238 g/mol. The average Bonchev–Trinajstić information content (AvgIpc) is 2.76. The van der Waals surface area contributed by atoms with Crippen molar-refractivity contribution >= 4 is 0 Å². The van der Waals surface area contributed by atoms with E-state index in [4.69, 9.17) is 4.74 Å². The molecule has 4 nitrogen and oxygen atoms in total. The Hall–Kier alpha value is -0.940. The number of hydrogen-bond donors (Lipinski definition) is 3. The summed E-state index contributed by atoms with van der Waals surface area (Å²) >= 11 is 0. The van der Waals surface area contributed by atoms with Crippen LogP contribution >= 0.6 is 0 Å². The fourth-order valence-electron chi connectivity index (χ4n) is 2.65. The molecule has 3 atom stereocenters. The van der Waals surface area contributed by atoms with E-state index in [1.165, 1.54) is 5.56 Å². The molecule has 0 amide bonds. The first-order valence-electron chi connectivity index (χ1n) is 7.02. The summed E-state index contributed by atoms with van der Waals surface area (Å²) in [5.41, 5.74) is 7.79. The lowest BCUT2D eigenvalue weighted by atomic mass is 9.96. The van der Waals surface area contributed by atoms with E-state index in [2.05, 4.69) is 54.3 Å². The van der Waals surface area contributed by atoms with Crippen molar-refractivity contribution in [3.05, 3.63) is 35.9 Å². The molecule has 0 spiro atoms. The fourth-order valence-corrected chi connectivity index (χ4v) is 2.65. The topological polar surface area (TPSA) is 45.3 Å². The van der Waals surface area contributed by atoms with Gasteiger partial charge in [-0.05, 0) is 19.4 Å². The fraction of sp³-hybridized carbons (Fsp3) is 0.600. The lowest BCUT2D eigenvalue weighted by molar-refractivity contribution is 0.101. The Morgan fingerprint density at radius 3 is 2.37 bits per heavy atom. The van der Waals surface area contributed by atoms with Crippen LogP contribution in [0, 0.1) is 5.92 Å². The maximum absolute atomic E-state index is 5.56. The normalized spacial score (nSPS) is 28.5. The van der Waals surface area contributed by atoms with Crippen LogP contribution in [0.1, 0.15) is 25.5 Å². The zero-order valence-corrected chi connectivity index (χ0v) is 12.0. The largest absolute Gasteiger partial charge is 0.375 e. The SMILES string of the molecule is COC(CNCC1C(C)NNC1C)c1ccccc1. The second-order valence-electron chi connectivity index (χ2n) is 5.32. The third-order valence-corrected chi connectivity index (χ3v) is 3.99. The maximum atomic E-state index is 5.56. The molecule has 0 bridgehead atoms. The van der Waals surface area contributed by atoms with Crippen LogP contribution in [0.25, 0.3) is 0 Å². The van der Waals surface area contributed by atoms with Gasteiger partial charge < -0.3 is 10.1 Å². The molecule has 19 heavy (non-hydrogen) atoms. The molecule has 1 aliphatic rings. The van der Waals surface area contributed by atoms with Gasteiger partial charge in [-0.3, -0.25) is 10.9 Å². The highest BCUT2D eigenvalue weighted by molar-refractivity contribution is 5.17. The summed E-state index contributed by atoms with van der Waals surface area (Å²) in [6.45, 7) is 6.27. The quantitative estimate of drug-likeness (QED) is 0.727. The zero-order chi connectivity index (χ0) is 13.7. The van der Waals surface area contributed by atoms with Gasteiger partial charge in [0.15, 0.2) is 0 Å². The van der Waals surface area contributed by atoms with Gasteiger partial charge >= 0.3 is 0 Å². The monoisotopic (exact) mass is 263 g/mol. The van der Waals surface area contributed by atoms with Crippen LogP contribution in [0.5, 0.6) is 0 Å². The van der Waals surface area contributed by atoms with Crippen molar-refractivity contribution in [1.29, 1.82) is 0 Å². The third-order valence-electron chi connectivity index (χ3n) is 3.99. The summed E-state index contributed by atoms with van der Waals surface area (Å²) in [7, 11) is 1.77. The molecule has 1 fully saturated rings. The van der Waals surface area contributed by atoms with Crippen molar-refractivity contribution in [2.45, 2.75) is 32.0 Å². The molecule has 1 saturated heterocycles. The van der Waals surface area contributed by atoms with E-state index < -0.39 is 0 Å². The molecule has 1 aromatic rings. The number of nitrogens with one attached hydrogen (secondary N) is 3. The first-order valence-corrected chi connectivity index (χ1v) is 7.02. The Kier molecular flexibility index (Phi) is 5.34. The molecule has 3 unspecified atom stereocenters. The molecule has 106 valence electrons. The number of benzene rings is 1. The lowest BCUT2D eigenvalue weighted by Crippen LogP contribution is -2.36. The molecule has 4 heteroatoms. The molecule has 0 saturated carbocycles. The van der Waals surface area contributed by atoms with Gasteiger partial charge in [-0.1, -0.05) is 30.3 Å². The number of rotatable bonds is 6. The highest BCUT2D eigenvalue weighted by Gasteiger charge is 2.29. The highest BCUT2D eigenvalue weighted by atomic mass is 16.5. The van der Waals surface area contributed by atoms with Gasteiger partial charge in [-0.25, -0.2) is 0 Å². The molecule has 0 aromatic heterocycles. The second-order valence-corrected chi connectivity index (χ2v) is 5.32. The summed E-state index contributed by atoms with van der Waals surface area (Å²) < 4.78 is 5.56. The molecule has 1 aliphatic heterocycles. The zero-order valence-electron chi connectivity index (χ0n) is 12.0. The molecular formula is C15H25N3O. The van der Waals surface area contributed by atoms with Crippen molar-refractivity contribution in [2.24, 2.45) is 5.92 Å². The molecule has 3 N–H and O–H groups in total. The number of hydrogen-bond acceptors (Lipinski definition) is 4. The number of hydrazine groups is 1. The molecule has 0 aliphatic carbocycles. The van der Waals surface area contributed by atoms with Crippen molar-refractivity contribution in [3.8, 4) is 0 Å². The minimum Gasteiger partial charge on any atom is -0.375 e. The van der Waals surface area contributed by atoms with Crippen LogP contribution in [-0.4, -0.2) is 32.3 Å². The number of methoxy groups -OCH3 is 1. The van der Waals surface area contributed by atoms with Gasteiger partial charge in [0.1, 0.15) is 0 Å². The molecule has 2 rings (SSSR count). The van der Waals surface area contributed by atoms with Gasteiger partial charge in [0.2, 0.25) is 0 Å². The summed E-state index contributed by atoms with van der Waals surface area (Å²) in [6.07, 6.45) is 0.120. The van der Waals surface area contributed by atoms with E-state index in [1.807, 2.05) is 6.07 Å². The van der Waals surface area contributed by atoms with Gasteiger partial charge in [0.25, 0.3) is 0 Å². The van der Waals surface area contributed by atoms with E-state index in [1.54, 1.807) is 7.11 Å². The van der Waals surface area contributed by atoms with Gasteiger partial charge in [-0.2, -0.15) is 0 Å². The standard InChI is InChI=1S/C15H25N3O/c1-11-14(12(2)18-17-11)9-16-10-15(19-3)13-7-5-4-6-8-13/h4-8,11-12,14-18H,9-10H2,1-3H3. The Labute approximate surface area is 115 Å². The summed E-state index contributed by atoms with van der Waals surface area (Å²) in [5, 5.41) is 3.53. The molecule has 0 radical (unpaired) electrons. The first-order chi connectivity index (χ1) is 9.22. The Morgan fingerprint density at radius 2 is 1.79 bits per heavy atom. The van der Waals surface area contributed by atoms with Crippen LogP contribution in [0.3, 0.4) is 0 Å². The van der Waals surface area contributed by atoms with E-state index in [-0.39, 0.29) is 6.10 Å². The predicted octanol–water partition coefficient (Wildman–Crippen LogP) is 1.46. The van der Waals surface area contributed by atoms with E-state index >= 15 is 0 Å². The Morgan fingerprint density at radius 1 is 1.16 bits per heavy atom. The van der Waals surface area contributed by atoms with Crippen molar-refractivity contribution in [2.75, 3.05) is 20.2 Å². The summed E-state index contributed by atoms with van der Waals surface area (Å²) in [4.78, 5) is 0. The average molecular weight is 263 g/mol. The smallest absolute Gasteiger partial charge is 0.0945 e. The lowest BCUT2D eigenvalue weighted by Gasteiger charge is -2.21. The summed E-state index contributed by atoms with van der Waals surface area (Å²) in [5.74, 6) is 0.605.